The van der Waals surface area contributed by atoms with Crippen molar-refractivity contribution in [3.63, 3.8) is 0 Å². The predicted molar refractivity (Wildman–Crippen MR) is 71.4 cm³/mol. The molecule has 0 atom stereocenters. The molecule has 1 aromatic rings. The van der Waals surface area contributed by atoms with Crippen molar-refractivity contribution in [2.75, 3.05) is 13.1 Å². The molecule has 0 aliphatic heterocycles. The summed E-state index contributed by atoms with van der Waals surface area (Å²) in [6.07, 6.45) is 1.70. The van der Waals surface area contributed by atoms with E-state index in [0.717, 1.165) is 12.1 Å². The lowest BCUT2D eigenvalue weighted by atomic mass is 10.2. The Morgan fingerprint density at radius 3 is 2.94 bits per heavy atom. The molecule has 0 unspecified atom stereocenters. The molecule has 0 saturated carbocycles. The smallest absolute Gasteiger partial charge is 0.138 e. The molecule has 1 aromatic carbocycles. The molecule has 4 heteroatoms. The van der Waals surface area contributed by atoms with Crippen LogP contribution in [-0.4, -0.2) is 30.5 Å². The Bertz CT molecular complexity index is 364. The minimum Gasteiger partial charge on any atom is -0.506 e. The van der Waals surface area contributed by atoms with Crippen LogP contribution < -0.4 is 5.32 Å². The van der Waals surface area contributed by atoms with E-state index in [-0.39, 0.29) is 5.75 Å². The zero-order valence-corrected chi connectivity index (χ0v) is 11.2. The first-order chi connectivity index (χ1) is 7.61. The number of nitrogens with zero attached hydrogens (tertiary/aromatic N) is 1. The third kappa shape index (κ3) is 4.33. The van der Waals surface area contributed by atoms with Gasteiger partial charge in [-0.3, -0.25) is 4.99 Å². The highest BCUT2D eigenvalue weighted by molar-refractivity contribution is 9.10. The van der Waals surface area contributed by atoms with E-state index in [9.17, 15) is 5.11 Å². The van der Waals surface area contributed by atoms with E-state index in [4.69, 9.17) is 0 Å². The summed E-state index contributed by atoms with van der Waals surface area (Å²) >= 11 is 3.26. The first-order valence-electron chi connectivity index (χ1n) is 5.32. The molecule has 0 spiro atoms. The van der Waals surface area contributed by atoms with E-state index >= 15 is 0 Å². The maximum atomic E-state index is 9.69. The topological polar surface area (TPSA) is 44.6 Å². The van der Waals surface area contributed by atoms with Crippen molar-refractivity contribution in [1.29, 1.82) is 0 Å². The molecular formula is C12H17BrN2O. The van der Waals surface area contributed by atoms with E-state index in [0.29, 0.717) is 17.1 Å². The molecule has 0 bridgehead atoms. The molecule has 0 aliphatic rings. The molecule has 2 N–H and O–H groups in total. The van der Waals surface area contributed by atoms with Crippen LogP contribution in [-0.2, 0) is 0 Å². The van der Waals surface area contributed by atoms with Gasteiger partial charge in [0.2, 0.25) is 0 Å². The number of para-hydroxylation sites is 1. The number of hydrogen-bond donors (Lipinski definition) is 2. The second-order valence-corrected chi connectivity index (χ2v) is 4.68. The average Bonchev–Trinajstić information content (AvgIpc) is 2.23. The number of aliphatic imine (C=N–C) groups is 1. The van der Waals surface area contributed by atoms with E-state index < -0.39 is 0 Å². The van der Waals surface area contributed by atoms with Crippen molar-refractivity contribution >= 4 is 22.1 Å². The number of nitrogens with one attached hydrogen (secondary N) is 1. The van der Waals surface area contributed by atoms with Crippen molar-refractivity contribution in [2.24, 2.45) is 4.99 Å². The third-order valence-electron chi connectivity index (χ3n) is 2.04. The fourth-order valence-corrected chi connectivity index (χ4v) is 1.60. The van der Waals surface area contributed by atoms with Crippen LogP contribution in [0.1, 0.15) is 19.4 Å². The summed E-state index contributed by atoms with van der Waals surface area (Å²) < 4.78 is 0.691. The molecule has 0 aliphatic carbocycles. The first kappa shape index (κ1) is 13.2. The lowest BCUT2D eigenvalue weighted by Gasteiger charge is -2.05. The minimum absolute atomic E-state index is 0.239. The Labute approximate surface area is 105 Å². The standard InChI is InChI=1S/C12H17BrN2O/c1-9(2)15-7-6-14-8-10-4-3-5-11(13)12(10)16/h3-5,8-9,15-16H,6-7H2,1-2H3. The Kier molecular flexibility index (Phi) is 5.49. The second-order valence-electron chi connectivity index (χ2n) is 3.82. The first-order valence-corrected chi connectivity index (χ1v) is 6.11. The lowest BCUT2D eigenvalue weighted by Crippen LogP contribution is -2.25. The van der Waals surface area contributed by atoms with Gasteiger partial charge < -0.3 is 10.4 Å². The number of phenolic OH excluding ortho intramolecular Hbond substituents is 1. The van der Waals surface area contributed by atoms with Gasteiger partial charge in [0.05, 0.1) is 11.0 Å². The van der Waals surface area contributed by atoms with Crippen LogP contribution >= 0.6 is 15.9 Å². The van der Waals surface area contributed by atoms with Crippen molar-refractivity contribution in [3.05, 3.63) is 28.2 Å². The summed E-state index contributed by atoms with van der Waals surface area (Å²) in [5, 5.41) is 13.0. The highest BCUT2D eigenvalue weighted by Crippen LogP contribution is 2.25. The Morgan fingerprint density at radius 2 is 2.25 bits per heavy atom. The van der Waals surface area contributed by atoms with Crippen molar-refractivity contribution in [1.82, 2.24) is 5.32 Å². The highest BCUT2D eigenvalue weighted by atomic mass is 79.9. The molecular weight excluding hydrogens is 268 g/mol. The maximum Gasteiger partial charge on any atom is 0.138 e. The molecule has 3 nitrogen and oxygen atoms in total. The zero-order valence-electron chi connectivity index (χ0n) is 9.57. The van der Waals surface area contributed by atoms with Gasteiger partial charge in [-0.2, -0.15) is 0 Å². The Hall–Kier alpha value is -0.870. The van der Waals surface area contributed by atoms with Crippen LogP contribution in [0.3, 0.4) is 0 Å². The molecule has 0 fully saturated rings. The number of rotatable bonds is 5. The number of benzene rings is 1. The summed E-state index contributed by atoms with van der Waals surface area (Å²) in [7, 11) is 0. The number of aromatic hydroxyl groups is 1. The van der Waals surface area contributed by atoms with Gasteiger partial charge in [-0.15, -0.1) is 0 Å². The van der Waals surface area contributed by atoms with E-state index in [1.54, 1.807) is 12.3 Å². The van der Waals surface area contributed by atoms with Gasteiger partial charge in [0.25, 0.3) is 0 Å². The normalized spacial score (nSPS) is 11.5. The van der Waals surface area contributed by atoms with E-state index in [1.807, 2.05) is 12.1 Å². The van der Waals surface area contributed by atoms with Crippen molar-refractivity contribution in [3.8, 4) is 5.75 Å². The van der Waals surface area contributed by atoms with Crippen molar-refractivity contribution < 1.29 is 5.11 Å². The number of hydrogen-bond acceptors (Lipinski definition) is 3. The SMILES string of the molecule is CC(C)NCCN=Cc1cccc(Br)c1O. The van der Waals surface area contributed by atoms with E-state index in [2.05, 4.69) is 40.1 Å². The largest absolute Gasteiger partial charge is 0.506 e. The van der Waals surface area contributed by atoms with Gasteiger partial charge in [0, 0.05) is 24.4 Å². The van der Waals surface area contributed by atoms with Gasteiger partial charge in [-0.1, -0.05) is 19.9 Å². The van der Waals surface area contributed by atoms with Gasteiger partial charge >= 0.3 is 0 Å². The average molecular weight is 285 g/mol. The predicted octanol–water partition coefficient (Wildman–Crippen LogP) is 2.57. The number of halogens is 1. The molecule has 0 heterocycles. The van der Waals surface area contributed by atoms with Gasteiger partial charge in [-0.25, -0.2) is 0 Å². The summed E-state index contributed by atoms with van der Waals surface area (Å²) in [6, 6.07) is 5.98. The summed E-state index contributed by atoms with van der Waals surface area (Å²) in [4.78, 5) is 4.25. The minimum atomic E-state index is 0.239. The molecule has 1 rings (SSSR count). The van der Waals surface area contributed by atoms with Crippen LogP contribution in [0.4, 0.5) is 0 Å². The highest BCUT2D eigenvalue weighted by Gasteiger charge is 2.01. The van der Waals surface area contributed by atoms with Crippen molar-refractivity contribution in [2.45, 2.75) is 19.9 Å². The summed E-state index contributed by atoms with van der Waals surface area (Å²) in [6.45, 7) is 5.76. The summed E-state index contributed by atoms with van der Waals surface area (Å²) in [5.74, 6) is 0.239. The van der Waals surface area contributed by atoms with Gasteiger partial charge in [0.15, 0.2) is 0 Å². The Balaban J connectivity index is 2.47. The maximum absolute atomic E-state index is 9.69. The van der Waals surface area contributed by atoms with E-state index in [1.165, 1.54) is 0 Å². The molecule has 0 radical (unpaired) electrons. The third-order valence-corrected chi connectivity index (χ3v) is 2.68. The zero-order chi connectivity index (χ0) is 12.0. The van der Waals surface area contributed by atoms with Gasteiger partial charge in [-0.05, 0) is 28.1 Å². The fourth-order valence-electron chi connectivity index (χ4n) is 1.22. The second kappa shape index (κ2) is 6.66. The monoisotopic (exact) mass is 284 g/mol. The van der Waals surface area contributed by atoms with Crippen LogP contribution in [0, 0.1) is 0 Å². The lowest BCUT2D eigenvalue weighted by molar-refractivity contribution is 0.471. The van der Waals surface area contributed by atoms with Gasteiger partial charge in [0.1, 0.15) is 5.75 Å². The van der Waals surface area contributed by atoms with Crippen LogP contribution in [0.5, 0.6) is 5.75 Å². The quantitative estimate of drug-likeness (QED) is 0.645. The van der Waals surface area contributed by atoms with Crippen LogP contribution in [0.2, 0.25) is 0 Å². The molecule has 0 saturated heterocycles. The van der Waals surface area contributed by atoms with Crippen LogP contribution in [0.15, 0.2) is 27.7 Å². The Morgan fingerprint density at radius 1 is 1.50 bits per heavy atom. The fraction of sp³-hybridized carbons (Fsp3) is 0.417. The molecule has 88 valence electrons. The summed E-state index contributed by atoms with van der Waals surface area (Å²) in [5.41, 5.74) is 0.735. The molecule has 0 aromatic heterocycles. The molecule has 16 heavy (non-hydrogen) atoms. The van der Waals surface area contributed by atoms with Crippen LogP contribution in [0.25, 0.3) is 0 Å². The number of phenols is 1. The molecule has 0 amide bonds.